The van der Waals surface area contributed by atoms with E-state index >= 15 is 0 Å². The Hall–Kier alpha value is -1.82. The van der Waals surface area contributed by atoms with Gasteiger partial charge in [-0.25, -0.2) is 9.18 Å². The second-order valence-electron chi connectivity index (χ2n) is 6.38. The second kappa shape index (κ2) is 7.38. The molecule has 0 radical (unpaired) electrons. The van der Waals surface area contributed by atoms with Crippen LogP contribution in [0.3, 0.4) is 0 Å². The van der Waals surface area contributed by atoms with Crippen molar-refractivity contribution in [2.75, 3.05) is 31.5 Å². The zero-order chi connectivity index (χ0) is 17.1. The van der Waals surface area contributed by atoms with Gasteiger partial charge in [-0.3, -0.25) is 4.79 Å². The van der Waals surface area contributed by atoms with Crippen molar-refractivity contribution in [2.24, 2.45) is 5.92 Å². The molecule has 2 saturated heterocycles. The first-order valence-corrected chi connectivity index (χ1v) is 8.72. The van der Waals surface area contributed by atoms with Crippen molar-refractivity contribution in [1.82, 2.24) is 9.80 Å². The van der Waals surface area contributed by atoms with E-state index in [9.17, 15) is 14.0 Å². The van der Waals surface area contributed by atoms with Gasteiger partial charge in [-0.2, -0.15) is 0 Å². The molecule has 2 heterocycles. The summed E-state index contributed by atoms with van der Waals surface area (Å²) in [6, 6.07) is 3.84. The summed E-state index contributed by atoms with van der Waals surface area (Å²) < 4.78 is 13.5. The van der Waals surface area contributed by atoms with E-state index in [4.69, 9.17) is 11.6 Å². The maximum Gasteiger partial charge on any atom is 0.321 e. The van der Waals surface area contributed by atoms with Crippen molar-refractivity contribution < 1.29 is 14.0 Å². The van der Waals surface area contributed by atoms with Crippen LogP contribution in [0.5, 0.6) is 0 Å². The molecule has 0 unspecified atom stereocenters. The first kappa shape index (κ1) is 17.0. The normalized spacial score (nSPS) is 21.0. The van der Waals surface area contributed by atoms with Crippen LogP contribution in [0.1, 0.15) is 25.7 Å². The van der Waals surface area contributed by atoms with Crippen LogP contribution in [0.15, 0.2) is 18.2 Å². The fourth-order valence-corrected chi connectivity index (χ4v) is 3.45. The van der Waals surface area contributed by atoms with Gasteiger partial charge >= 0.3 is 6.03 Å². The molecule has 2 aliphatic rings. The molecule has 1 N–H and O–H groups in total. The van der Waals surface area contributed by atoms with Gasteiger partial charge in [-0.05, 0) is 43.9 Å². The Morgan fingerprint density at radius 1 is 1.12 bits per heavy atom. The number of carbonyl (C=O) groups is 2. The fourth-order valence-electron chi connectivity index (χ4n) is 3.34. The van der Waals surface area contributed by atoms with Crippen LogP contribution in [0, 0.1) is 11.7 Å². The molecule has 2 fully saturated rings. The summed E-state index contributed by atoms with van der Waals surface area (Å²) >= 11 is 5.64. The van der Waals surface area contributed by atoms with Gasteiger partial charge in [0.25, 0.3) is 0 Å². The van der Waals surface area contributed by atoms with E-state index in [2.05, 4.69) is 5.32 Å². The predicted molar refractivity (Wildman–Crippen MR) is 90.5 cm³/mol. The summed E-state index contributed by atoms with van der Waals surface area (Å²) in [7, 11) is 0. The summed E-state index contributed by atoms with van der Waals surface area (Å²) in [4.78, 5) is 28.4. The van der Waals surface area contributed by atoms with E-state index in [0.717, 1.165) is 38.8 Å². The molecule has 7 heteroatoms. The second-order valence-corrected chi connectivity index (χ2v) is 6.78. The first-order valence-electron chi connectivity index (χ1n) is 8.34. The van der Waals surface area contributed by atoms with Gasteiger partial charge in [0.05, 0.1) is 10.9 Å². The number of nitrogens with one attached hydrogen (secondary N) is 1. The number of halogens is 2. The molecular weight excluding hydrogens is 333 g/mol. The lowest BCUT2D eigenvalue weighted by Gasteiger charge is -2.33. The molecule has 0 aliphatic carbocycles. The van der Waals surface area contributed by atoms with Gasteiger partial charge in [0.2, 0.25) is 5.91 Å². The Balaban J connectivity index is 1.60. The minimum absolute atomic E-state index is 0.0160. The highest BCUT2D eigenvalue weighted by molar-refractivity contribution is 6.30. The molecule has 1 aromatic carbocycles. The molecule has 0 spiro atoms. The molecule has 5 nitrogen and oxygen atoms in total. The summed E-state index contributed by atoms with van der Waals surface area (Å²) in [5.74, 6) is -0.553. The van der Waals surface area contributed by atoms with E-state index < -0.39 is 5.82 Å². The van der Waals surface area contributed by atoms with Gasteiger partial charge in [0.15, 0.2) is 0 Å². The van der Waals surface area contributed by atoms with Crippen molar-refractivity contribution in [2.45, 2.75) is 25.7 Å². The molecule has 0 bridgehead atoms. The number of urea groups is 1. The first-order chi connectivity index (χ1) is 11.5. The van der Waals surface area contributed by atoms with E-state index in [0.29, 0.717) is 18.8 Å². The number of rotatable bonds is 2. The molecule has 1 atom stereocenters. The Labute approximate surface area is 145 Å². The SMILES string of the molecule is O=C(Nc1ccc(Cl)c(F)c1)N1CCC[C@@H](C(=O)N2CCCC2)C1. The van der Waals surface area contributed by atoms with Crippen molar-refractivity contribution in [3.8, 4) is 0 Å². The van der Waals surface area contributed by atoms with E-state index in [-0.39, 0.29) is 22.9 Å². The minimum Gasteiger partial charge on any atom is -0.342 e. The van der Waals surface area contributed by atoms with E-state index in [1.54, 1.807) is 11.0 Å². The van der Waals surface area contributed by atoms with Gasteiger partial charge in [0.1, 0.15) is 5.82 Å². The average molecular weight is 354 g/mol. The molecule has 0 aromatic heterocycles. The number of benzene rings is 1. The molecular formula is C17H21ClFN3O2. The monoisotopic (exact) mass is 353 g/mol. The third-order valence-corrected chi connectivity index (χ3v) is 4.95. The minimum atomic E-state index is -0.574. The lowest BCUT2D eigenvalue weighted by Crippen LogP contribution is -2.47. The summed E-state index contributed by atoms with van der Waals surface area (Å²) in [6.45, 7) is 2.67. The van der Waals surface area contributed by atoms with Crippen LogP contribution in [0.4, 0.5) is 14.9 Å². The fraction of sp³-hybridized carbons (Fsp3) is 0.529. The standard InChI is InChI=1S/C17H21ClFN3O2/c18-14-6-5-13(10-15(14)19)20-17(24)22-9-3-4-12(11-22)16(23)21-7-1-2-8-21/h5-6,10,12H,1-4,7-9,11H2,(H,20,24)/t12-/m1/s1. The van der Waals surface area contributed by atoms with Gasteiger partial charge in [-0.1, -0.05) is 11.6 Å². The van der Waals surface area contributed by atoms with Crippen LogP contribution in [0.2, 0.25) is 5.02 Å². The molecule has 130 valence electrons. The third kappa shape index (κ3) is 3.80. The highest BCUT2D eigenvalue weighted by Crippen LogP contribution is 2.23. The molecule has 1 aromatic rings. The van der Waals surface area contributed by atoms with Crippen LogP contribution >= 0.6 is 11.6 Å². The smallest absolute Gasteiger partial charge is 0.321 e. The number of hydrogen-bond donors (Lipinski definition) is 1. The van der Waals surface area contributed by atoms with Crippen LogP contribution < -0.4 is 5.32 Å². The number of anilines is 1. The van der Waals surface area contributed by atoms with Crippen LogP contribution in [-0.2, 0) is 4.79 Å². The molecule has 24 heavy (non-hydrogen) atoms. The number of piperidine rings is 1. The molecule has 0 saturated carbocycles. The third-order valence-electron chi connectivity index (χ3n) is 4.65. The molecule has 2 aliphatic heterocycles. The van der Waals surface area contributed by atoms with E-state index in [1.165, 1.54) is 12.1 Å². The van der Waals surface area contributed by atoms with Crippen molar-refractivity contribution >= 4 is 29.2 Å². The predicted octanol–water partition coefficient (Wildman–Crippen LogP) is 3.35. The summed E-state index contributed by atoms with van der Waals surface area (Å²) in [6.07, 6.45) is 3.73. The maximum absolute atomic E-state index is 13.5. The topological polar surface area (TPSA) is 52.7 Å². The average Bonchev–Trinajstić information content (AvgIpc) is 3.12. The molecule has 3 amide bonds. The van der Waals surface area contributed by atoms with Crippen LogP contribution in [-0.4, -0.2) is 47.9 Å². The number of likely N-dealkylation sites (tertiary alicyclic amines) is 2. The summed E-state index contributed by atoms with van der Waals surface area (Å²) in [5, 5.41) is 2.69. The highest BCUT2D eigenvalue weighted by atomic mass is 35.5. The lowest BCUT2D eigenvalue weighted by atomic mass is 9.97. The number of carbonyl (C=O) groups excluding carboxylic acids is 2. The van der Waals surface area contributed by atoms with Gasteiger partial charge < -0.3 is 15.1 Å². The Kier molecular flexibility index (Phi) is 5.23. The lowest BCUT2D eigenvalue weighted by molar-refractivity contribution is -0.135. The van der Waals surface area contributed by atoms with Gasteiger partial charge in [-0.15, -0.1) is 0 Å². The quantitative estimate of drug-likeness (QED) is 0.886. The van der Waals surface area contributed by atoms with E-state index in [1.807, 2.05) is 4.90 Å². The van der Waals surface area contributed by atoms with Crippen LogP contribution in [0.25, 0.3) is 0 Å². The Morgan fingerprint density at radius 2 is 1.83 bits per heavy atom. The zero-order valence-corrected chi connectivity index (χ0v) is 14.2. The van der Waals surface area contributed by atoms with Crippen molar-refractivity contribution in [3.05, 3.63) is 29.0 Å². The number of hydrogen-bond acceptors (Lipinski definition) is 2. The molecule has 3 rings (SSSR count). The van der Waals surface area contributed by atoms with Crippen molar-refractivity contribution in [1.29, 1.82) is 0 Å². The van der Waals surface area contributed by atoms with Gasteiger partial charge in [0, 0.05) is 31.9 Å². The Morgan fingerprint density at radius 3 is 2.54 bits per heavy atom. The largest absolute Gasteiger partial charge is 0.342 e. The zero-order valence-electron chi connectivity index (χ0n) is 13.4. The number of nitrogens with zero attached hydrogens (tertiary/aromatic N) is 2. The summed E-state index contributed by atoms with van der Waals surface area (Å²) in [5.41, 5.74) is 0.356. The highest BCUT2D eigenvalue weighted by Gasteiger charge is 2.32. The van der Waals surface area contributed by atoms with Crippen molar-refractivity contribution in [3.63, 3.8) is 0 Å². The Bertz CT molecular complexity index is 634. The number of amides is 3. The maximum atomic E-state index is 13.5.